The van der Waals surface area contributed by atoms with Crippen molar-refractivity contribution < 1.29 is 4.21 Å². The van der Waals surface area contributed by atoms with E-state index >= 15 is 0 Å². The first-order valence-electron chi connectivity index (χ1n) is 5.19. The van der Waals surface area contributed by atoms with Crippen LogP contribution in [-0.2, 0) is 10.8 Å². The van der Waals surface area contributed by atoms with Gasteiger partial charge in [0.05, 0.1) is 4.47 Å². The molecule has 0 aromatic carbocycles. The number of anilines is 1. The molecule has 1 rings (SSSR count). The molecule has 90 valence electrons. The van der Waals surface area contributed by atoms with Crippen molar-refractivity contribution in [3.05, 3.63) is 22.3 Å². The number of halogens is 1. The largest absolute Gasteiger partial charge is 0.369 e. The minimum atomic E-state index is -0.750. The van der Waals surface area contributed by atoms with Crippen LogP contribution in [0.25, 0.3) is 0 Å². The third-order valence-electron chi connectivity index (χ3n) is 2.49. The van der Waals surface area contributed by atoms with E-state index < -0.39 is 10.8 Å². The van der Waals surface area contributed by atoms with Crippen LogP contribution >= 0.6 is 15.9 Å². The molecule has 3 nitrogen and oxygen atoms in total. The maximum Gasteiger partial charge on any atom is 0.140 e. The Morgan fingerprint density at radius 3 is 2.94 bits per heavy atom. The Kier molecular flexibility index (Phi) is 5.41. The van der Waals surface area contributed by atoms with Gasteiger partial charge in [0.25, 0.3) is 0 Å². The highest BCUT2D eigenvalue weighted by atomic mass is 79.9. The molecular weight excluding hydrogens is 288 g/mol. The van der Waals surface area contributed by atoms with Crippen molar-refractivity contribution in [3.8, 4) is 0 Å². The molecule has 1 N–H and O–H groups in total. The van der Waals surface area contributed by atoms with Gasteiger partial charge in [-0.25, -0.2) is 4.98 Å². The normalized spacial score (nSPS) is 14.5. The fourth-order valence-corrected chi connectivity index (χ4v) is 2.05. The van der Waals surface area contributed by atoms with Crippen molar-refractivity contribution in [1.82, 2.24) is 4.98 Å². The van der Waals surface area contributed by atoms with Crippen LogP contribution in [0.3, 0.4) is 0 Å². The van der Waals surface area contributed by atoms with Gasteiger partial charge in [0.2, 0.25) is 0 Å². The van der Waals surface area contributed by atoms with Gasteiger partial charge in [-0.2, -0.15) is 0 Å². The smallest absolute Gasteiger partial charge is 0.140 e. The topological polar surface area (TPSA) is 42.0 Å². The Labute approximate surface area is 108 Å². The van der Waals surface area contributed by atoms with Gasteiger partial charge in [0, 0.05) is 35.0 Å². The van der Waals surface area contributed by atoms with Crippen molar-refractivity contribution in [1.29, 1.82) is 0 Å². The van der Waals surface area contributed by atoms with E-state index in [1.54, 1.807) is 12.5 Å². The molecular formula is C11H17BrN2OS. The monoisotopic (exact) mass is 304 g/mol. The molecule has 0 bridgehead atoms. The highest BCUT2D eigenvalue weighted by Gasteiger charge is 2.07. The van der Waals surface area contributed by atoms with Gasteiger partial charge in [-0.3, -0.25) is 4.21 Å². The molecule has 5 heteroatoms. The molecule has 2 unspecified atom stereocenters. The number of nitrogens with zero attached hydrogens (tertiary/aromatic N) is 1. The molecule has 0 saturated carbocycles. The van der Waals surface area contributed by atoms with Crippen LogP contribution < -0.4 is 5.32 Å². The minimum Gasteiger partial charge on any atom is -0.369 e. The molecule has 0 fully saturated rings. The zero-order valence-corrected chi connectivity index (χ0v) is 12.2. The maximum absolute atomic E-state index is 11.2. The quantitative estimate of drug-likeness (QED) is 0.909. The van der Waals surface area contributed by atoms with Gasteiger partial charge in [-0.15, -0.1) is 0 Å². The summed E-state index contributed by atoms with van der Waals surface area (Å²) in [5, 5.41) is 3.47. The van der Waals surface area contributed by atoms with Crippen LogP contribution in [0.2, 0.25) is 0 Å². The fraction of sp³-hybridized carbons (Fsp3) is 0.545. The van der Waals surface area contributed by atoms with Crippen molar-refractivity contribution in [3.63, 3.8) is 0 Å². The first-order valence-corrected chi connectivity index (χ1v) is 7.61. The molecule has 1 heterocycles. The lowest BCUT2D eigenvalue weighted by atomic mass is 10.3. The van der Waals surface area contributed by atoms with Crippen LogP contribution in [-0.4, -0.2) is 27.2 Å². The molecule has 0 spiro atoms. The number of nitrogens with one attached hydrogen (secondary N) is 1. The lowest BCUT2D eigenvalue weighted by molar-refractivity contribution is 0.672. The average Bonchev–Trinajstić information content (AvgIpc) is 2.24. The van der Waals surface area contributed by atoms with Crippen LogP contribution in [0.4, 0.5) is 5.82 Å². The fourth-order valence-electron chi connectivity index (χ4n) is 1.22. The highest BCUT2D eigenvalue weighted by Crippen LogP contribution is 2.23. The van der Waals surface area contributed by atoms with E-state index in [1.807, 2.05) is 19.9 Å². The number of hydrogen-bond acceptors (Lipinski definition) is 3. The first kappa shape index (κ1) is 13.6. The number of hydrogen-bond donors (Lipinski definition) is 1. The zero-order chi connectivity index (χ0) is 12.1. The third kappa shape index (κ3) is 3.87. The molecule has 0 saturated heterocycles. The van der Waals surface area contributed by atoms with E-state index in [4.69, 9.17) is 0 Å². The summed E-state index contributed by atoms with van der Waals surface area (Å²) in [4.78, 5) is 4.25. The summed E-state index contributed by atoms with van der Waals surface area (Å²) in [5.41, 5.74) is 1.16. The average molecular weight is 305 g/mol. The second-order valence-electron chi connectivity index (χ2n) is 3.82. The van der Waals surface area contributed by atoms with E-state index in [-0.39, 0.29) is 5.25 Å². The zero-order valence-electron chi connectivity index (χ0n) is 9.79. The van der Waals surface area contributed by atoms with E-state index in [1.165, 1.54) is 0 Å². The number of aryl methyl sites for hydroxylation is 1. The maximum atomic E-state index is 11.2. The molecule has 2 atom stereocenters. The Morgan fingerprint density at radius 1 is 1.62 bits per heavy atom. The van der Waals surface area contributed by atoms with Gasteiger partial charge in [0.1, 0.15) is 5.82 Å². The summed E-state index contributed by atoms with van der Waals surface area (Å²) in [6.45, 7) is 4.81. The third-order valence-corrected chi connectivity index (χ3v) is 4.86. The van der Waals surface area contributed by atoms with Crippen molar-refractivity contribution >= 4 is 32.5 Å². The second-order valence-corrected chi connectivity index (χ2v) is 6.41. The van der Waals surface area contributed by atoms with E-state index in [2.05, 4.69) is 26.2 Å². The van der Waals surface area contributed by atoms with Gasteiger partial charge in [0.15, 0.2) is 0 Å². The first-order chi connectivity index (χ1) is 7.52. The van der Waals surface area contributed by atoms with Crippen molar-refractivity contribution in [2.45, 2.75) is 25.5 Å². The summed E-state index contributed by atoms with van der Waals surface area (Å²) in [5.74, 6) is 0.856. The van der Waals surface area contributed by atoms with Crippen LogP contribution in [0.5, 0.6) is 0 Å². The van der Waals surface area contributed by atoms with E-state index in [9.17, 15) is 4.21 Å². The van der Waals surface area contributed by atoms with Gasteiger partial charge in [-0.05, 0) is 40.9 Å². The summed E-state index contributed by atoms with van der Waals surface area (Å²) in [7, 11) is -0.750. The summed E-state index contributed by atoms with van der Waals surface area (Å²) in [6.07, 6.45) is 4.40. The van der Waals surface area contributed by atoms with Crippen molar-refractivity contribution in [2.24, 2.45) is 0 Å². The number of rotatable bonds is 5. The van der Waals surface area contributed by atoms with Crippen LogP contribution in [0.15, 0.2) is 16.7 Å². The molecule has 0 aliphatic rings. The van der Waals surface area contributed by atoms with Gasteiger partial charge >= 0.3 is 0 Å². The number of aromatic nitrogens is 1. The van der Waals surface area contributed by atoms with Crippen LogP contribution in [0.1, 0.15) is 18.9 Å². The molecule has 0 amide bonds. The van der Waals surface area contributed by atoms with Gasteiger partial charge in [-0.1, -0.05) is 6.92 Å². The predicted octanol–water partition coefficient (Wildman–Crippen LogP) is 2.72. The standard InChI is InChI=1S/C11H17BrN2OS/c1-8-4-6-13-11(10(8)12)14-7-5-9(2)16(3)15/h4,6,9H,5,7H2,1-3H3,(H,13,14). The van der Waals surface area contributed by atoms with Gasteiger partial charge < -0.3 is 5.32 Å². The summed E-state index contributed by atoms with van der Waals surface area (Å²) in [6, 6.07) is 1.96. The Balaban J connectivity index is 2.49. The lowest BCUT2D eigenvalue weighted by Crippen LogP contribution is -2.15. The van der Waals surface area contributed by atoms with E-state index in [0.29, 0.717) is 0 Å². The van der Waals surface area contributed by atoms with Crippen LogP contribution in [0, 0.1) is 6.92 Å². The molecule has 1 aromatic heterocycles. The Bertz CT molecular complexity index is 384. The Hall–Kier alpha value is -0.420. The predicted molar refractivity (Wildman–Crippen MR) is 73.3 cm³/mol. The molecule has 0 aliphatic heterocycles. The molecule has 1 aromatic rings. The minimum absolute atomic E-state index is 0.219. The van der Waals surface area contributed by atoms with Crippen molar-refractivity contribution in [2.75, 3.05) is 18.1 Å². The molecule has 0 aliphatic carbocycles. The SMILES string of the molecule is Cc1ccnc(NCCC(C)S(C)=O)c1Br. The molecule has 0 radical (unpaired) electrons. The summed E-state index contributed by atoms with van der Waals surface area (Å²) >= 11 is 3.49. The molecule has 16 heavy (non-hydrogen) atoms. The second kappa shape index (κ2) is 6.35. The van der Waals surface area contributed by atoms with E-state index in [0.717, 1.165) is 28.8 Å². The Morgan fingerprint density at radius 2 is 2.31 bits per heavy atom. The number of pyridine rings is 1. The summed E-state index contributed by atoms with van der Waals surface area (Å²) < 4.78 is 12.2. The lowest BCUT2D eigenvalue weighted by Gasteiger charge is -2.11. The highest BCUT2D eigenvalue weighted by molar-refractivity contribution is 9.10.